The largest absolute Gasteiger partial charge is 0.380 e. The third kappa shape index (κ3) is 3.28. The van der Waals surface area contributed by atoms with Crippen molar-refractivity contribution < 1.29 is 4.79 Å². The number of amides is 1. The topological polar surface area (TPSA) is 78.9 Å². The van der Waals surface area contributed by atoms with Gasteiger partial charge in [0.15, 0.2) is 0 Å². The molecule has 0 aliphatic rings. The van der Waals surface area contributed by atoms with Crippen LogP contribution in [0.1, 0.15) is 21.5 Å². The van der Waals surface area contributed by atoms with Gasteiger partial charge in [-0.1, -0.05) is 23.7 Å². The van der Waals surface area contributed by atoms with E-state index in [0.717, 1.165) is 11.3 Å². The fourth-order valence-corrected chi connectivity index (χ4v) is 1.96. The average Bonchev–Trinajstić information content (AvgIpc) is 2.46. The van der Waals surface area contributed by atoms with Crippen molar-refractivity contribution in [2.45, 2.75) is 6.54 Å². The Balaban J connectivity index is 2.05. The number of halogens is 1. The quantitative estimate of drug-likeness (QED) is 0.906. The first-order valence-corrected chi connectivity index (χ1v) is 6.30. The Bertz CT molecular complexity index is 675. The Hall–Kier alpha value is -2.51. The SMILES string of the molecule is N#Cc1ccc(NCc2ccc(C(N)=O)cc2)c(Cl)c1. The van der Waals surface area contributed by atoms with Crippen LogP contribution in [0, 0.1) is 11.3 Å². The zero-order valence-corrected chi connectivity index (χ0v) is 11.3. The molecule has 0 atom stereocenters. The van der Waals surface area contributed by atoms with Crippen LogP contribution in [0.3, 0.4) is 0 Å². The minimum Gasteiger partial charge on any atom is -0.380 e. The standard InChI is InChI=1S/C15H12ClN3O/c16-13-7-11(8-17)3-6-14(13)19-9-10-1-4-12(5-2-10)15(18)20/h1-7,19H,9H2,(H2,18,20). The Kier molecular flexibility index (Phi) is 4.24. The summed E-state index contributed by atoms with van der Waals surface area (Å²) in [6.07, 6.45) is 0. The van der Waals surface area contributed by atoms with Crippen molar-refractivity contribution in [1.82, 2.24) is 0 Å². The number of rotatable bonds is 4. The summed E-state index contributed by atoms with van der Waals surface area (Å²) >= 11 is 6.07. The number of benzene rings is 2. The van der Waals surface area contributed by atoms with E-state index in [-0.39, 0.29) is 0 Å². The number of nitrogens with two attached hydrogens (primary N) is 1. The highest BCUT2D eigenvalue weighted by Gasteiger charge is 2.03. The fraction of sp³-hybridized carbons (Fsp3) is 0.0667. The van der Waals surface area contributed by atoms with Crippen molar-refractivity contribution in [2.24, 2.45) is 5.73 Å². The highest BCUT2D eigenvalue weighted by molar-refractivity contribution is 6.33. The predicted octanol–water partition coefficient (Wildman–Crippen LogP) is 2.92. The molecule has 100 valence electrons. The highest BCUT2D eigenvalue weighted by Crippen LogP contribution is 2.23. The van der Waals surface area contributed by atoms with Gasteiger partial charge in [-0.15, -0.1) is 0 Å². The van der Waals surface area contributed by atoms with Gasteiger partial charge in [0.25, 0.3) is 0 Å². The molecule has 1 amide bonds. The van der Waals surface area contributed by atoms with Gasteiger partial charge in [-0.05, 0) is 35.9 Å². The second-order valence-corrected chi connectivity index (χ2v) is 4.63. The van der Waals surface area contributed by atoms with Crippen molar-refractivity contribution in [3.05, 3.63) is 64.2 Å². The van der Waals surface area contributed by atoms with E-state index in [1.807, 2.05) is 18.2 Å². The molecule has 0 bridgehead atoms. The second-order valence-electron chi connectivity index (χ2n) is 4.22. The molecule has 0 aliphatic carbocycles. The summed E-state index contributed by atoms with van der Waals surface area (Å²) in [6, 6.07) is 14.1. The van der Waals surface area contributed by atoms with Crippen LogP contribution in [0.15, 0.2) is 42.5 Å². The number of primary amides is 1. The lowest BCUT2D eigenvalue weighted by Gasteiger charge is -2.09. The molecule has 2 aromatic carbocycles. The lowest BCUT2D eigenvalue weighted by atomic mass is 10.1. The van der Waals surface area contributed by atoms with Crippen molar-refractivity contribution >= 4 is 23.2 Å². The molecule has 3 N–H and O–H groups in total. The van der Waals surface area contributed by atoms with Crippen LogP contribution in [0.25, 0.3) is 0 Å². The lowest BCUT2D eigenvalue weighted by Crippen LogP contribution is -2.10. The molecular weight excluding hydrogens is 274 g/mol. The summed E-state index contributed by atoms with van der Waals surface area (Å²) in [7, 11) is 0. The van der Waals surface area contributed by atoms with E-state index in [9.17, 15) is 4.79 Å². The van der Waals surface area contributed by atoms with Crippen LogP contribution in [-0.2, 0) is 6.54 Å². The van der Waals surface area contributed by atoms with Gasteiger partial charge in [0.05, 0.1) is 22.3 Å². The Morgan fingerprint density at radius 1 is 1.25 bits per heavy atom. The van der Waals surface area contributed by atoms with E-state index in [2.05, 4.69) is 5.32 Å². The molecule has 0 spiro atoms. The number of carbonyl (C=O) groups excluding carboxylic acids is 1. The second kappa shape index (κ2) is 6.09. The van der Waals surface area contributed by atoms with Crippen molar-refractivity contribution in [3.63, 3.8) is 0 Å². The van der Waals surface area contributed by atoms with E-state index in [1.165, 1.54) is 0 Å². The molecule has 0 aromatic heterocycles. The van der Waals surface area contributed by atoms with Crippen LogP contribution >= 0.6 is 11.6 Å². The third-order valence-corrected chi connectivity index (χ3v) is 3.13. The summed E-state index contributed by atoms with van der Waals surface area (Å²) in [4.78, 5) is 11.0. The van der Waals surface area contributed by atoms with Gasteiger partial charge >= 0.3 is 0 Å². The summed E-state index contributed by atoms with van der Waals surface area (Å²) < 4.78 is 0. The highest BCUT2D eigenvalue weighted by atomic mass is 35.5. The molecule has 0 radical (unpaired) electrons. The number of carbonyl (C=O) groups is 1. The average molecular weight is 286 g/mol. The predicted molar refractivity (Wildman–Crippen MR) is 78.5 cm³/mol. The smallest absolute Gasteiger partial charge is 0.248 e. The summed E-state index contributed by atoms with van der Waals surface area (Å²) in [6.45, 7) is 0.560. The van der Waals surface area contributed by atoms with Crippen LogP contribution in [-0.4, -0.2) is 5.91 Å². The Labute approximate surface area is 121 Å². The van der Waals surface area contributed by atoms with Gasteiger partial charge in [-0.2, -0.15) is 5.26 Å². The molecule has 0 unspecified atom stereocenters. The minimum atomic E-state index is -0.445. The van der Waals surface area contributed by atoms with Crippen LogP contribution in [0.5, 0.6) is 0 Å². The van der Waals surface area contributed by atoms with Gasteiger partial charge in [-0.3, -0.25) is 4.79 Å². The van der Waals surface area contributed by atoms with Crippen LogP contribution in [0.4, 0.5) is 5.69 Å². The van der Waals surface area contributed by atoms with Gasteiger partial charge in [-0.25, -0.2) is 0 Å². The molecule has 0 heterocycles. The maximum atomic E-state index is 11.0. The molecule has 4 nitrogen and oxygen atoms in total. The Morgan fingerprint density at radius 3 is 2.50 bits per heavy atom. The third-order valence-electron chi connectivity index (χ3n) is 2.82. The molecule has 2 rings (SSSR count). The molecule has 0 aliphatic heterocycles. The maximum Gasteiger partial charge on any atom is 0.248 e. The zero-order valence-electron chi connectivity index (χ0n) is 10.6. The van der Waals surface area contributed by atoms with Gasteiger partial charge in [0.1, 0.15) is 0 Å². The normalized spacial score (nSPS) is 9.80. The van der Waals surface area contributed by atoms with Crippen molar-refractivity contribution in [2.75, 3.05) is 5.32 Å². The first-order chi connectivity index (χ1) is 9.60. The van der Waals surface area contributed by atoms with Crippen LogP contribution in [0.2, 0.25) is 5.02 Å². The van der Waals surface area contributed by atoms with Crippen LogP contribution < -0.4 is 11.1 Å². The molecular formula is C15H12ClN3O. The molecule has 2 aromatic rings. The van der Waals surface area contributed by atoms with Gasteiger partial charge in [0.2, 0.25) is 5.91 Å². The van der Waals surface area contributed by atoms with Gasteiger partial charge < -0.3 is 11.1 Å². The fourth-order valence-electron chi connectivity index (χ4n) is 1.71. The van der Waals surface area contributed by atoms with E-state index >= 15 is 0 Å². The summed E-state index contributed by atoms with van der Waals surface area (Å²) in [5.41, 5.74) is 7.92. The number of anilines is 1. The first-order valence-electron chi connectivity index (χ1n) is 5.92. The van der Waals surface area contributed by atoms with E-state index in [4.69, 9.17) is 22.6 Å². The molecule has 5 heteroatoms. The number of nitriles is 1. The van der Waals surface area contributed by atoms with E-state index < -0.39 is 5.91 Å². The van der Waals surface area contributed by atoms with E-state index in [1.54, 1.807) is 30.3 Å². The summed E-state index contributed by atoms with van der Waals surface area (Å²) in [5, 5.41) is 12.4. The van der Waals surface area contributed by atoms with Crippen molar-refractivity contribution in [1.29, 1.82) is 5.26 Å². The minimum absolute atomic E-state index is 0.445. The molecule has 0 saturated heterocycles. The lowest BCUT2D eigenvalue weighted by molar-refractivity contribution is 0.100. The monoisotopic (exact) mass is 285 g/mol. The maximum absolute atomic E-state index is 11.0. The summed E-state index contributed by atoms with van der Waals surface area (Å²) in [5.74, 6) is -0.445. The van der Waals surface area contributed by atoms with Gasteiger partial charge in [0, 0.05) is 12.1 Å². The van der Waals surface area contributed by atoms with E-state index in [0.29, 0.717) is 22.7 Å². The number of nitrogens with one attached hydrogen (secondary N) is 1. The first kappa shape index (κ1) is 13.9. The molecule has 0 fully saturated rings. The number of hydrogen-bond donors (Lipinski definition) is 2. The Morgan fingerprint density at radius 2 is 1.95 bits per heavy atom. The number of nitrogens with zero attached hydrogens (tertiary/aromatic N) is 1. The number of hydrogen-bond acceptors (Lipinski definition) is 3. The molecule has 0 saturated carbocycles. The molecule has 20 heavy (non-hydrogen) atoms. The van der Waals surface area contributed by atoms with Crippen molar-refractivity contribution in [3.8, 4) is 6.07 Å². The zero-order chi connectivity index (χ0) is 14.5.